The Hall–Kier alpha value is -0.910. The van der Waals surface area contributed by atoms with E-state index in [0.29, 0.717) is 6.54 Å². The van der Waals surface area contributed by atoms with Crippen molar-refractivity contribution in [3.8, 4) is 0 Å². The van der Waals surface area contributed by atoms with Gasteiger partial charge in [-0.3, -0.25) is 13.8 Å². The first kappa shape index (κ1) is 14.5. The number of rotatable bonds is 3. The third-order valence-corrected chi connectivity index (χ3v) is 5.44. The van der Waals surface area contributed by atoms with Crippen LogP contribution in [0.2, 0.25) is 0 Å². The van der Waals surface area contributed by atoms with Crippen LogP contribution in [0.3, 0.4) is 0 Å². The summed E-state index contributed by atoms with van der Waals surface area (Å²) in [6, 6.07) is 0. The summed E-state index contributed by atoms with van der Waals surface area (Å²) in [6.07, 6.45) is 6.19. The van der Waals surface area contributed by atoms with Crippen LogP contribution in [0, 0.1) is 0 Å². The number of amides is 2. The van der Waals surface area contributed by atoms with Crippen LogP contribution in [-0.2, 0) is 20.4 Å². The van der Waals surface area contributed by atoms with Gasteiger partial charge in [0.05, 0.1) is 6.54 Å². The monoisotopic (exact) mass is 286 g/mol. The number of piperazine rings is 1. The van der Waals surface area contributed by atoms with Crippen LogP contribution in [0.5, 0.6) is 0 Å². The number of hydrogen-bond donors (Lipinski definition) is 1. The second-order valence-corrected chi connectivity index (χ2v) is 7.49. The average molecular weight is 286 g/mol. The molecule has 2 aliphatic rings. The molecule has 2 unspecified atom stereocenters. The van der Waals surface area contributed by atoms with Gasteiger partial charge in [0.15, 0.2) is 0 Å². The van der Waals surface area contributed by atoms with Gasteiger partial charge in [0.25, 0.3) is 0 Å². The third kappa shape index (κ3) is 2.99. The number of hydrogen-bond acceptors (Lipinski definition) is 3. The summed E-state index contributed by atoms with van der Waals surface area (Å²) in [5, 5.41) is 2.81. The topological polar surface area (TPSA) is 66.5 Å². The minimum absolute atomic E-state index is 0.0177. The zero-order chi connectivity index (χ0) is 14.0. The Morgan fingerprint density at radius 1 is 1.32 bits per heavy atom. The van der Waals surface area contributed by atoms with Gasteiger partial charge in [-0.15, -0.1) is 0 Å². The highest BCUT2D eigenvalue weighted by molar-refractivity contribution is 7.84. The lowest BCUT2D eigenvalue weighted by Gasteiger charge is -2.44. The molecule has 1 saturated heterocycles. The van der Waals surface area contributed by atoms with Crippen molar-refractivity contribution in [2.24, 2.45) is 0 Å². The summed E-state index contributed by atoms with van der Waals surface area (Å²) in [7, 11) is -0.980. The average Bonchev–Trinajstić information content (AvgIpc) is 2.36. The number of nitrogens with one attached hydrogen (secondary N) is 1. The molecule has 6 heteroatoms. The van der Waals surface area contributed by atoms with Gasteiger partial charge in [-0.05, 0) is 19.8 Å². The standard InChI is InChI=1S/C13H22N2O3S/c1-10(19(2)18)8-15-9-11(16)14-13(12(15)17)6-4-3-5-7-13/h10H,3-9H2,1-2H3,(H,14,16). The fourth-order valence-corrected chi connectivity index (χ4v) is 3.35. The van der Waals surface area contributed by atoms with E-state index in [-0.39, 0.29) is 23.6 Å². The molecule has 0 aromatic carbocycles. The molecule has 1 spiro atoms. The second-order valence-electron chi connectivity index (χ2n) is 5.69. The molecular formula is C13H22N2O3S. The van der Waals surface area contributed by atoms with E-state index in [1.807, 2.05) is 6.92 Å². The second kappa shape index (κ2) is 5.61. The summed E-state index contributed by atoms with van der Waals surface area (Å²) < 4.78 is 11.4. The summed E-state index contributed by atoms with van der Waals surface area (Å²) in [5.41, 5.74) is -0.678. The lowest BCUT2D eigenvalue weighted by molar-refractivity contribution is -0.151. The first-order valence-electron chi connectivity index (χ1n) is 6.87. The van der Waals surface area contributed by atoms with E-state index in [1.165, 1.54) is 0 Å². The van der Waals surface area contributed by atoms with E-state index >= 15 is 0 Å². The molecule has 19 heavy (non-hydrogen) atoms. The lowest BCUT2D eigenvalue weighted by Crippen LogP contribution is -2.67. The van der Waals surface area contributed by atoms with Gasteiger partial charge < -0.3 is 10.2 Å². The van der Waals surface area contributed by atoms with Crippen LogP contribution < -0.4 is 5.32 Å². The van der Waals surface area contributed by atoms with Crippen LogP contribution in [0.1, 0.15) is 39.0 Å². The molecule has 1 saturated carbocycles. The van der Waals surface area contributed by atoms with Crippen LogP contribution in [0.25, 0.3) is 0 Å². The van der Waals surface area contributed by atoms with Crippen molar-refractivity contribution >= 4 is 22.6 Å². The Kier molecular flexibility index (Phi) is 4.28. The molecular weight excluding hydrogens is 264 g/mol. The summed E-state index contributed by atoms with van der Waals surface area (Å²) in [5.74, 6) is -0.0697. The zero-order valence-corrected chi connectivity index (χ0v) is 12.4. The Bertz CT molecular complexity index is 405. The molecule has 0 radical (unpaired) electrons. The highest BCUT2D eigenvalue weighted by Crippen LogP contribution is 2.32. The molecule has 0 aromatic rings. The van der Waals surface area contributed by atoms with Crippen LogP contribution >= 0.6 is 0 Å². The number of carbonyl (C=O) groups is 2. The minimum atomic E-state index is -0.980. The smallest absolute Gasteiger partial charge is 0.248 e. The molecule has 1 aliphatic heterocycles. The van der Waals surface area contributed by atoms with Gasteiger partial charge in [-0.2, -0.15) is 0 Å². The van der Waals surface area contributed by atoms with Crippen LogP contribution in [-0.4, -0.2) is 51.1 Å². The van der Waals surface area contributed by atoms with Gasteiger partial charge in [-0.1, -0.05) is 19.3 Å². The molecule has 1 heterocycles. The van der Waals surface area contributed by atoms with Crippen molar-refractivity contribution in [3.05, 3.63) is 0 Å². The fraction of sp³-hybridized carbons (Fsp3) is 0.846. The molecule has 108 valence electrons. The van der Waals surface area contributed by atoms with Crippen molar-refractivity contribution in [1.29, 1.82) is 0 Å². The van der Waals surface area contributed by atoms with Gasteiger partial charge in [0.1, 0.15) is 5.54 Å². The molecule has 2 atom stereocenters. The Morgan fingerprint density at radius 2 is 1.95 bits per heavy atom. The molecule has 0 bridgehead atoms. The molecule has 1 N–H and O–H groups in total. The van der Waals surface area contributed by atoms with Crippen LogP contribution in [0.15, 0.2) is 0 Å². The zero-order valence-electron chi connectivity index (χ0n) is 11.6. The van der Waals surface area contributed by atoms with Crippen LogP contribution in [0.4, 0.5) is 0 Å². The van der Waals surface area contributed by atoms with Crippen molar-refractivity contribution in [3.63, 3.8) is 0 Å². The lowest BCUT2D eigenvalue weighted by atomic mass is 9.79. The SMILES string of the molecule is CC(CN1CC(=O)NC2(CCCCC2)C1=O)S(C)=O. The molecule has 1 aliphatic carbocycles. The van der Waals surface area contributed by atoms with Gasteiger partial charge in [0, 0.05) is 28.9 Å². The van der Waals surface area contributed by atoms with E-state index < -0.39 is 16.3 Å². The molecule has 2 rings (SSSR count). The first-order chi connectivity index (χ1) is 8.94. The minimum Gasteiger partial charge on any atom is -0.340 e. The normalized spacial score (nSPS) is 26.1. The first-order valence-corrected chi connectivity index (χ1v) is 8.49. The maximum Gasteiger partial charge on any atom is 0.248 e. The van der Waals surface area contributed by atoms with E-state index in [0.717, 1.165) is 32.1 Å². The van der Waals surface area contributed by atoms with E-state index in [2.05, 4.69) is 5.32 Å². The summed E-state index contributed by atoms with van der Waals surface area (Å²) in [6.45, 7) is 2.35. The largest absolute Gasteiger partial charge is 0.340 e. The Labute approximate surface area is 116 Å². The molecule has 2 fully saturated rings. The maximum atomic E-state index is 12.6. The van der Waals surface area contributed by atoms with Gasteiger partial charge in [-0.25, -0.2) is 0 Å². The molecule has 5 nitrogen and oxygen atoms in total. The summed E-state index contributed by atoms with van der Waals surface area (Å²) >= 11 is 0. The summed E-state index contributed by atoms with van der Waals surface area (Å²) in [4.78, 5) is 26.1. The van der Waals surface area contributed by atoms with E-state index in [9.17, 15) is 13.8 Å². The van der Waals surface area contributed by atoms with Gasteiger partial charge in [0.2, 0.25) is 11.8 Å². The Morgan fingerprint density at radius 3 is 2.53 bits per heavy atom. The predicted molar refractivity (Wildman–Crippen MR) is 74.1 cm³/mol. The third-order valence-electron chi connectivity index (χ3n) is 4.16. The Balaban J connectivity index is 2.13. The van der Waals surface area contributed by atoms with Crippen molar-refractivity contribution in [2.75, 3.05) is 19.3 Å². The maximum absolute atomic E-state index is 12.6. The quantitative estimate of drug-likeness (QED) is 0.817. The van der Waals surface area contributed by atoms with Gasteiger partial charge >= 0.3 is 0 Å². The van der Waals surface area contributed by atoms with Crippen molar-refractivity contribution in [1.82, 2.24) is 10.2 Å². The number of carbonyl (C=O) groups excluding carboxylic acids is 2. The van der Waals surface area contributed by atoms with E-state index in [1.54, 1.807) is 11.2 Å². The highest BCUT2D eigenvalue weighted by Gasteiger charge is 2.47. The van der Waals surface area contributed by atoms with Crippen molar-refractivity contribution in [2.45, 2.75) is 49.8 Å². The fourth-order valence-electron chi connectivity index (χ4n) is 2.96. The predicted octanol–water partition coefficient (Wildman–Crippen LogP) is 0.415. The number of nitrogens with zero attached hydrogens (tertiary/aromatic N) is 1. The van der Waals surface area contributed by atoms with Crippen molar-refractivity contribution < 1.29 is 13.8 Å². The highest BCUT2D eigenvalue weighted by atomic mass is 32.2. The van der Waals surface area contributed by atoms with E-state index in [4.69, 9.17) is 0 Å². The molecule has 2 amide bonds. The molecule has 0 aromatic heterocycles.